The van der Waals surface area contributed by atoms with Crippen LogP contribution in [0.5, 0.6) is 0 Å². The van der Waals surface area contributed by atoms with Crippen molar-refractivity contribution in [3.63, 3.8) is 0 Å². The number of nitrogens with zero attached hydrogens (tertiary/aromatic N) is 6. The normalized spacial score (nSPS) is 19.2. The lowest BCUT2D eigenvalue weighted by molar-refractivity contribution is -0.120. The van der Waals surface area contributed by atoms with E-state index in [2.05, 4.69) is 49.1 Å². The van der Waals surface area contributed by atoms with Gasteiger partial charge in [-0.1, -0.05) is 46.3 Å². The first-order chi connectivity index (χ1) is 17.3. The van der Waals surface area contributed by atoms with Gasteiger partial charge in [0, 0.05) is 53.2 Å². The molecule has 0 spiro atoms. The van der Waals surface area contributed by atoms with Crippen molar-refractivity contribution in [2.24, 2.45) is 7.05 Å². The molecule has 0 aliphatic carbocycles. The zero-order chi connectivity index (χ0) is 25.2. The maximum atomic E-state index is 13.4. The molecule has 4 heterocycles. The number of halogens is 2. The molecule has 0 saturated carbocycles. The molecular formula is C26H24Br2N6O2. The molecule has 0 N–H and O–H groups in total. The maximum Gasteiger partial charge on any atom is 0.271 e. The van der Waals surface area contributed by atoms with Gasteiger partial charge < -0.3 is 14.4 Å². The standard InChI is InChI=1S/C26H24Br2N6O2/c1-26(14-32(15-26)25(36)23-22(28)18-5-3-4-6-19(18)31(23)2)21-13-34(30-29-21)20-11-12-33(24(20)35)17-9-7-16(27)8-10-17/h3-10,13,20H,11-12,14-15H2,1-2H3. The Bertz CT molecular complexity index is 1460. The predicted octanol–water partition coefficient (Wildman–Crippen LogP) is 4.69. The van der Waals surface area contributed by atoms with Crippen molar-refractivity contribution in [2.45, 2.75) is 24.8 Å². The number of anilines is 1. The number of carbonyl (C=O) groups excluding carboxylic acids is 2. The van der Waals surface area contributed by atoms with Crippen LogP contribution in [0.15, 0.2) is 63.7 Å². The lowest BCUT2D eigenvalue weighted by Crippen LogP contribution is -2.60. The van der Waals surface area contributed by atoms with E-state index in [1.807, 2.05) is 71.2 Å². The number of hydrogen-bond donors (Lipinski definition) is 0. The third-order valence-electron chi connectivity index (χ3n) is 7.38. The number of aryl methyl sites for hydroxylation is 1. The molecule has 2 fully saturated rings. The van der Waals surface area contributed by atoms with E-state index in [1.165, 1.54) is 0 Å². The Hall–Kier alpha value is -2.98. The predicted molar refractivity (Wildman–Crippen MR) is 144 cm³/mol. The number of aromatic nitrogens is 4. The minimum absolute atomic E-state index is 0.0125. The van der Waals surface area contributed by atoms with Gasteiger partial charge in [-0.3, -0.25) is 9.59 Å². The van der Waals surface area contributed by atoms with Crippen LogP contribution in [-0.2, 0) is 17.3 Å². The number of para-hydroxylation sites is 1. The van der Waals surface area contributed by atoms with Crippen LogP contribution in [0, 0.1) is 0 Å². The van der Waals surface area contributed by atoms with E-state index >= 15 is 0 Å². The van der Waals surface area contributed by atoms with Gasteiger partial charge in [0.2, 0.25) is 0 Å². The van der Waals surface area contributed by atoms with E-state index < -0.39 is 0 Å². The molecule has 0 radical (unpaired) electrons. The highest BCUT2D eigenvalue weighted by Gasteiger charge is 2.46. The van der Waals surface area contributed by atoms with Crippen LogP contribution in [0.4, 0.5) is 5.69 Å². The summed E-state index contributed by atoms with van der Waals surface area (Å²) < 4.78 is 5.42. The molecule has 2 aliphatic heterocycles. The SMILES string of the molecule is Cn1c(C(=O)N2CC(C)(c3cn(C4CCN(c5ccc(Br)cc5)C4=O)nn3)C2)c(Br)c2ccccc21. The highest BCUT2D eigenvalue weighted by Crippen LogP contribution is 2.38. The fraction of sp³-hybridized carbons (Fsp3) is 0.308. The number of likely N-dealkylation sites (tertiary alicyclic amines) is 1. The summed E-state index contributed by atoms with van der Waals surface area (Å²) in [6.45, 7) is 3.82. The summed E-state index contributed by atoms with van der Waals surface area (Å²) in [5.41, 5.74) is 3.03. The van der Waals surface area contributed by atoms with Crippen molar-refractivity contribution in [1.29, 1.82) is 0 Å². The van der Waals surface area contributed by atoms with Gasteiger partial charge in [0.05, 0.1) is 16.4 Å². The topological polar surface area (TPSA) is 76.3 Å². The molecule has 4 aromatic rings. The molecule has 2 saturated heterocycles. The largest absolute Gasteiger partial charge is 0.339 e. The molecule has 2 aromatic carbocycles. The monoisotopic (exact) mass is 610 g/mol. The molecule has 184 valence electrons. The van der Waals surface area contributed by atoms with Crippen molar-refractivity contribution < 1.29 is 9.59 Å². The smallest absolute Gasteiger partial charge is 0.271 e. The van der Waals surface area contributed by atoms with Crippen LogP contribution in [0.3, 0.4) is 0 Å². The van der Waals surface area contributed by atoms with E-state index in [0.29, 0.717) is 31.7 Å². The van der Waals surface area contributed by atoms with Gasteiger partial charge in [0.1, 0.15) is 11.7 Å². The fourth-order valence-electron chi connectivity index (χ4n) is 5.33. The first-order valence-corrected chi connectivity index (χ1v) is 13.4. The van der Waals surface area contributed by atoms with Gasteiger partial charge in [0.25, 0.3) is 11.8 Å². The lowest BCUT2D eigenvalue weighted by Gasteiger charge is -2.46. The van der Waals surface area contributed by atoms with Crippen molar-refractivity contribution in [1.82, 2.24) is 24.5 Å². The van der Waals surface area contributed by atoms with E-state index in [0.717, 1.165) is 31.2 Å². The van der Waals surface area contributed by atoms with Crippen molar-refractivity contribution in [3.05, 3.63) is 75.1 Å². The van der Waals surface area contributed by atoms with E-state index in [9.17, 15) is 9.59 Å². The van der Waals surface area contributed by atoms with Gasteiger partial charge >= 0.3 is 0 Å². The van der Waals surface area contributed by atoms with Crippen molar-refractivity contribution in [2.75, 3.05) is 24.5 Å². The maximum absolute atomic E-state index is 13.4. The second kappa shape index (κ2) is 8.55. The summed E-state index contributed by atoms with van der Waals surface area (Å²) in [7, 11) is 1.92. The van der Waals surface area contributed by atoms with E-state index in [1.54, 1.807) is 9.58 Å². The highest BCUT2D eigenvalue weighted by molar-refractivity contribution is 9.11. The average molecular weight is 612 g/mol. The van der Waals surface area contributed by atoms with Crippen LogP contribution >= 0.6 is 31.9 Å². The Labute approximate surface area is 225 Å². The Morgan fingerprint density at radius 1 is 1.08 bits per heavy atom. The molecule has 8 nitrogen and oxygen atoms in total. The van der Waals surface area contributed by atoms with Gasteiger partial charge in [-0.25, -0.2) is 4.68 Å². The third-order valence-corrected chi connectivity index (χ3v) is 8.71. The molecule has 2 amide bonds. The number of amides is 2. The quantitative estimate of drug-likeness (QED) is 0.336. The molecule has 0 bridgehead atoms. The number of fused-ring (bicyclic) bond motifs is 1. The minimum Gasteiger partial charge on any atom is -0.339 e. The summed E-state index contributed by atoms with van der Waals surface area (Å²) in [6.07, 6.45) is 2.55. The van der Waals surface area contributed by atoms with Gasteiger partial charge in [0.15, 0.2) is 0 Å². The summed E-state index contributed by atoms with van der Waals surface area (Å²) in [6, 6.07) is 15.3. The first-order valence-electron chi connectivity index (χ1n) is 11.8. The highest BCUT2D eigenvalue weighted by atomic mass is 79.9. The Morgan fingerprint density at radius 2 is 1.81 bits per heavy atom. The zero-order valence-corrected chi connectivity index (χ0v) is 23.0. The summed E-state index contributed by atoms with van der Waals surface area (Å²) >= 11 is 7.08. The number of rotatable bonds is 4. The molecule has 2 aromatic heterocycles. The fourth-order valence-corrected chi connectivity index (χ4v) is 6.36. The number of hydrogen-bond acceptors (Lipinski definition) is 4. The van der Waals surface area contributed by atoms with Gasteiger partial charge in [-0.15, -0.1) is 5.10 Å². The molecule has 1 unspecified atom stereocenters. The second-order valence-corrected chi connectivity index (χ2v) is 11.5. The number of benzene rings is 2. The molecule has 36 heavy (non-hydrogen) atoms. The van der Waals surface area contributed by atoms with Crippen LogP contribution < -0.4 is 4.90 Å². The van der Waals surface area contributed by atoms with Crippen LogP contribution in [0.2, 0.25) is 0 Å². The van der Waals surface area contributed by atoms with Crippen molar-refractivity contribution >= 4 is 60.3 Å². The molecule has 6 rings (SSSR count). The summed E-state index contributed by atoms with van der Waals surface area (Å²) in [5.74, 6) is 0.00603. The molecule has 1 atom stereocenters. The lowest BCUT2D eigenvalue weighted by atomic mass is 9.79. The van der Waals surface area contributed by atoms with E-state index in [4.69, 9.17) is 0 Å². The van der Waals surface area contributed by atoms with Crippen LogP contribution in [-0.4, -0.2) is 55.9 Å². The third kappa shape index (κ3) is 3.61. The Kier molecular flexibility index (Phi) is 5.56. The Morgan fingerprint density at radius 3 is 2.53 bits per heavy atom. The van der Waals surface area contributed by atoms with Crippen molar-refractivity contribution in [3.8, 4) is 0 Å². The molecule has 2 aliphatic rings. The summed E-state index contributed by atoms with van der Waals surface area (Å²) in [4.78, 5) is 30.2. The minimum atomic E-state index is -0.372. The average Bonchev–Trinajstić information content (AvgIpc) is 3.55. The van der Waals surface area contributed by atoms with Crippen LogP contribution in [0.1, 0.15) is 35.6 Å². The first kappa shape index (κ1) is 23.4. The van der Waals surface area contributed by atoms with E-state index in [-0.39, 0.29) is 23.3 Å². The molecular weight excluding hydrogens is 588 g/mol. The van der Waals surface area contributed by atoms with Crippen LogP contribution in [0.25, 0.3) is 10.9 Å². The van der Waals surface area contributed by atoms with Gasteiger partial charge in [-0.2, -0.15) is 0 Å². The Balaban J connectivity index is 1.17. The number of carbonyl (C=O) groups is 2. The molecule has 10 heteroatoms. The zero-order valence-electron chi connectivity index (χ0n) is 19.9. The van der Waals surface area contributed by atoms with Gasteiger partial charge in [-0.05, 0) is 52.7 Å². The summed E-state index contributed by atoms with van der Waals surface area (Å²) in [5, 5.41) is 9.76. The second-order valence-electron chi connectivity index (χ2n) is 9.82.